The molecule has 0 N–H and O–H groups in total. The first-order chi connectivity index (χ1) is 16.9. The van der Waals surface area contributed by atoms with Crippen molar-refractivity contribution in [2.24, 2.45) is 5.92 Å². The normalized spacial score (nSPS) is 18.5. The van der Waals surface area contributed by atoms with Crippen molar-refractivity contribution in [3.8, 4) is 0 Å². The van der Waals surface area contributed by atoms with E-state index in [1.54, 1.807) is 0 Å². The molecule has 0 nitrogen and oxygen atoms in total. The molecule has 1 rings (SSSR count). The molecule has 0 spiro atoms. The van der Waals surface area contributed by atoms with Gasteiger partial charge in [-0.1, -0.05) is 129 Å². The molecule has 0 atom stereocenters. The zero-order valence-electron chi connectivity index (χ0n) is 23.8. The van der Waals surface area contributed by atoms with Gasteiger partial charge in [0.2, 0.25) is 0 Å². The lowest BCUT2D eigenvalue weighted by Crippen LogP contribution is -2.17. The summed E-state index contributed by atoms with van der Waals surface area (Å²) < 4.78 is 0. The molecule has 0 aliphatic heterocycles. The molecule has 1 saturated carbocycles. The average Bonchev–Trinajstić information content (AvgIpc) is 2.86. The molecule has 1 aliphatic rings. The lowest BCUT2D eigenvalue weighted by molar-refractivity contribution is 0.358. The van der Waals surface area contributed by atoms with Crippen LogP contribution in [0.4, 0.5) is 0 Å². The van der Waals surface area contributed by atoms with Crippen molar-refractivity contribution in [2.75, 3.05) is 17.3 Å². The second-order valence-corrected chi connectivity index (χ2v) is 13.9. The van der Waals surface area contributed by atoms with Crippen LogP contribution in [-0.4, -0.2) is 22.5 Å². The second kappa shape index (κ2) is 26.8. The van der Waals surface area contributed by atoms with Crippen LogP contribution in [0.5, 0.6) is 0 Å². The van der Waals surface area contributed by atoms with E-state index in [0.717, 1.165) is 11.2 Å². The molecule has 1 fully saturated rings. The van der Waals surface area contributed by atoms with Gasteiger partial charge in [-0.3, -0.25) is 0 Å². The number of unbranched alkanes of at least 4 members (excludes halogenated alkanes) is 18. The van der Waals surface area contributed by atoms with Gasteiger partial charge in [0.05, 0.1) is 0 Å². The summed E-state index contributed by atoms with van der Waals surface area (Å²) in [5, 5.41) is 0.995. The van der Waals surface area contributed by atoms with E-state index in [0.29, 0.717) is 0 Å². The lowest BCUT2D eigenvalue weighted by Gasteiger charge is -2.28. The highest BCUT2D eigenvalue weighted by Crippen LogP contribution is 2.34. The summed E-state index contributed by atoms with van der Waals surface area (Å²) in [6, 6.07) is 0. The van der Waals surface area contributed by atoms with Crippen LogP contribution in [0.3, 0.4) is 0 Å². The molecule has 0 aromatic heterocycles. The summed E-state index contributed by atoms with van der Waals surface area (Å²) >= 11 is 4.57. The molecular formula is C32H64S2. The van der Waals surface area contributed by atoms with Crippen LogP contribution in [0.2, 0.25) is 0 Å². The van der Waals surface area contributed by atoms with Gasteiger partial charge in [-0.2, -0.15) is 23.5 Å². The highest BCUT2D eigenvalue weighted by Gasteiger charge is 2.20. The maximum absolute atomic E-state index is 2.32. The minimum absolute atomic E-state index is 0.995. The van der Waals surface area contributed by atoms with Crippen LogP contribution in [-0.2, 0) is 0 Å². The zero-order chi connectivity index (χ0) is 24.4. The van der Waals surface area contributed by atoms with Gasteiger partial charge in [0.1, 0.15) is 0 Å². The van der Waals surface area contributed by atoms with Gasteiger partial charge in [0, 0.05) is 5.25 Å². The quantitative estimate of drug-likeness (QED) is 0.106. The standard InChI is InChI=1S/C32H64S2/c1-3-5-7-9-11-13-15-17-19-21-28-33-30-27-31-23-25-32(26-24-31)34-29-22-20-18-16-14-12-10-8-6-4-2/h31-32H,3-30H2,1-2H3. The van der Waals surface area contributed by atoms with Crippen LogP contribution in [0.15, 0.2) is 0 Å². The average molecular weight is 513 g/mol. The van der Waals surface area contributed by atoms with Gasteiger partial charge in [0.15, 0.2) is 0 Å². The maximum Gasteiger partial charge on any atom is 0.00472 e. The molecule has 0 bridgehead atoms. The molecule has 204 valence electrons. The first-order valence-electron chi connectivity index (χ1n) is 16.1. The van der Waals surface area contributed by atoms with Crippen LogP contribution in [0, 0.1) is 5.92 Å². The van der Waals surface area contributed by atoms with E-state index in [9.17, 15) is 0 Å². The molecule has 0 aromatic carbocycles. The van der Waals surface area contributed by atoms with Crippen molar-refractivity contribution in [3.63, 3.8) is 0 Å². The Balaban J connectivity index is 1.77. The molecule has 0 unspecified atom stereocenters. The molecule has 34 heavy (non-hydrogen) atoms. The Kier molecular flexibility index (Phi) is 25.8. The fraction of sp³-hybridized carbons (Fsp3) is 1.00. The minimum Gasteiger partial charge on any atom is -0.162 e. The summed E-state index contributed by atoms with van der Waals surface area (Å²) in [4.78, 5) is 0. The first-order valence-corrected chi connectivity index (χ1v) is 18.3. The van der Waals surface area contributed by atoms with Crippen LogP contribution < -0.4 is 0 Å². The van der Waals surface area contributed by atoms with E-state index >= 15 is 0 Å². The van der Waals surface area contributed by atoms with Gasteiger partial charge in [0.25, 0.3) is 0 Å². The van der Waals surface area contributed by atoms with Crippen molar-refractivity contribution in [3.05, 3.63) is 0 Å². The largest absolute Gasteiger partial charge is 0.162 e. The molecule has 0 radical (unpaired) electrons. The Morgan fingerprint density at radius 3 is 1.32 bits per heavy atom. The third-order valence-corrected chi connectivity index (χ3v) is 10.5. The van der Waals surface area contributed by atoms with E-state index in [2.05, 4.69) is 37.4 Å². The van der Waals surface area contributed by atoms with E-state index < -0.39 is 0 Å². The maximum atomic E-state index is 2.32. The number of rotatable bonds is 26. The molecule has 2 heteroatoms. The summed E-state index contributed by atoms with van der Waals surface area (Å²) in [6.45, 7) is 4.62. The van der Waals surface area contributed by atoms with Crippen molar-refractivity contribution < 1.29 is 0 Å². The van der Waals surface area contributed by atoms with E-state index in [1.165, 1.54) is 178 Å². The van der Waals surface area contributed by atoms with Crippen LogP contribution in [0.1, 0.15) is 174 Å². The Morgan fingerprint density at radius 1 is 0.441 bits per heavy atom. The van der Waals surface area contributed by atoms with E-state index in [4.69, 9.17) is 0 Å². The van der Waals surface area contributed by atoms with Crippen molar-refractivity contribution in [1.29, 1.82) is 0 Å². The number of hydrogen-bond donors (Lipinski definition) is 0. The molecular weight excluding hydrogens is 448 g/mol. The summed E-state index contributed by atoms with van der Waals surface area (Å²) in [5.41, 5.74) is 0. The highest BCUT2D eigenvalue weighted by atomic mass is 32.2. The monoisotopic (exact) mass is 512 g/mol. The summed E-state index contributed by atoms with van der Waals surface area (Å²) in [7, 11) is 0. The smallest absolute Gasteiger partial charge is 0.00472 e. The second-order valence-electron chi connectivity index (χ2n) is 11.3. The molecule has 0 heterocycles. The summed E-state index contributed by atoms with van der Waals surface area (Å²) in [5.74, 6) is 5.33. The molecule has 0 saturated heterocycles. The Hall–Kier alpha value is 0.700. The molecule has 0 aromatic rings. The van der Waals surface area contributed by atoms with Crippen molar-refractivity contribution >= 4 is 23.5 Å². The van der Waals surface area contributed by atoms with Crippen LogP contribution in [0.25, 0.3) is 0 Å². The lowest BCUT2D eigenvalue weighted by atomic mass is 9.87. The van der Waals surface area contributed by atoms with E-state index in [1.807, 2.05) is 0 Å². The molecule has 0 amide bonds. The third kappa shape index (κ3) is 21.9. The van der Waals surface area contributed by atoms with Crippen molar-refractivity contribution in [2.45, 2.75) is 180 Å². The summed E-state index contributed by atoms with van der Waals surface area (Å²) in [6.07, 6.45) is 36.8. The predicted octanol–water partition coefficient (Wildman–Crippen LogP) is 12.2. The minimum atomic E-state index is 0.995. The Bertz CT molecular complexity index is 375. The fourth-order valence-electron chi connectivity index (χ4n) is 5.47. The van der Waals surface area contributed by atoms with Gasteiger partial charge in [-0.25, -0.2) is 0 Å². The van der Waals surface area contributed by atoms with Gasteiger partial charge in [-0.05, 0) is 68.1 Å². The zero-order valence-corrected chi connectivity index (χ0v) is 25.4. The molecule has 1 aliphatic carbocycles. The highest BCUT2D eigenvalue weighted by molar-refractivity contribution is 7.99. The SMILES string of the molecule is CCCCCCCCCCCCSCCC1CCC(SCCCCCCCCCCCC)CC1. The van der Waals surface area contributed by atoms with Gasteiger partial charge in [-0.15, -0.1) is 0 Å². The third-order valence-electron chi connectivity index (χ3n) is 7.96. The first kappa shape index (κ1) is 32.7. The predicted molar refractivity (Wildman–Crippen MR) is 164 cm³/mol. The fourth-order valence-corrected chi connectivity index (χ4v) is 7.89. The van der Waals surface area contributed by atoms with Gasteiger partial charge >= 0.3 is 0 Å². The van der Waals surface area contributed by atoms with Crippen molar-refractivity contribution in [1.82, 2.24) is 0 Å². The topological polar surface area (TPSA) is 0 Å². The Labute approximate surface area is 225 Å². The van der Waals surface area contributed by atoms with Crippen LogP contribution >= 0.6 is 23.5 Å². The number of thioether (sulfide) groups is 2. The van der Waals surface area contributed by atoms with E-state index in [-0.39, 0.29) is 0 Å². The van der Waals surface area contributed by atoms with Gasteiger partial charge < -0.3 is 0 Å². The Morgan fingerprint density at radius 2 is 0.853 bits per heavy atom. The number of hydrogen-bond acceptors (Lipinski definition) is 2.